The average molecular weight is 359 g/mol. The summed E-state index contributed by atoms with van der Waals surface area (Å²) in [6.45, 7) is 12.5. The fourth-order valence-corrected chi connectivity index (χ4v) is 3.73. The molecule has 5 nitrogen and oxygen atoms in total. The third kappa shape index (κ3) is 3.27. The van der Waals surface area contributed by atoms with E-state index in [4.69, 9.17) is 0 Å². The number of fused-ring (bicyclic) bond motifs is 1. The van der Waals surface area contributed by atoms with Crippen LogP contribution in [0.3, 0.4) is 0 Å². The molecular formula is C19H25N3O2S. The molecule has 3 rings (SSSR count). The zero-order valence-corrected chi connectivity index (χ0v) is 16.4. The highest BCUT2D eigenvalue weighted by atomic mass is 32.2. The highest BCUT2D eigenvalue weighted by Gasteiger charge is 2.32. The molecular weight excluding hydrogens is 334 g/mol. The minimum Gasteiger partial charge on any atom is -0.507 e. The number of hydrogen-bond acceptors (Lipinski definition) is 5. The molecule has 1 fully saturated rings. The van der Waals surface area contributed by atoms with E-state index in [2.05, 4.69) is 52.0 Å². The van der Waals surface area contributed by atoms with Crippen molar-refractivity contribution in [1.29, 1.82) is 0 Å². The van der Waals surface area contributed by atoms with Gasteiger partial charge < -0.3 is 5.11 Å². The number of benzene rings is 1. The van der Waals surface area contributed by atoms with Crippen molar-refractivity contribution in [2.75, 3.05) is 5.75 Å². The largest absolute Gasteiger partial charge is 0.507 e. The molecule has 0 saturated carbocycles. The molecule has 6 heteroatoms. The summed E-state index contributed by atoms with van der Waals surface area (Å²) < 4.78 is 0. The lowest BCUT2D eigenvalue weighted by Crippen LogP contribution is -2.40. The molecule has 0 atom stereocenters. The number of aliphatic imine (C=N–C) groups is 1. The summed E-state index contributed by atoms with van der Waals surface area (Å²) in [4.78, 5) is 16.4. The van der Waals surface area contributed by atoms with E-state index in [1.165, 1.54) is 16.8 Å². The van der Waals surface area contributed by atoms with Crippen LogP contribution in [0, 0.1) is 0 Å². The normalized spacial score (nSPS) is 17.8. The molecule has 2 heterocycles. The SMILES string of the molecule is CC(C)(C)c1cc(C2=CNN3C(=O)CSC3=N2)cc(C(C)(C)C)c1O. The highest BCUT2D eigenvalue weighted by molar-refractivity contribution is 8.15. The minimum atomic E-state index is -0.194. The van der Waals surface area contributed by atoms with Crippen LogP contribution in [0.4, 0.5) is 0 Å². The van der Waals surface area contributed by atoms with Crippen LogP contribution in [0.2, 0.25) is 0 Å². The van der Waals surface area contributed by atoms with E-state index >= 15 is 0 Å². The molecule has 1 aromatic rings. The number of carbonyl (C=O) groups excluding carboxylic acids is 1. The number of hydrazine groups is 1. The van der Waals surface area contributed by atoms with E-state index in [0.29, 0.717) is 16.7 Å². The Morgan fingerprint density at radius 1 is 1.12 bits per heavy atom. The van der Waals surface area contributed by atoms with E-state index in [-0.39, 0.29) is 16.7 Å². The Balaban J connectivity index is 2.13. The molecule has 0 radical (unpaired) electrons. The lowest BCUT2D eigenvalue weighted by Gasteiger charge is -2.29. The van der Waals surface area contributed by atoms with Crippen molar-refractivity contribution in [2.24, 2.45) is 4.99 Å². The molecule has 0 spiro atoms. The maximum Gasteiger partial charge on any atom is 0.257 e. The Hall–Kier alpha value is -1.95. The lowest BCUT2D eigenvalue weighted by atomic mass is 9.78. The van der Waals surface area contributed by atoms with Gasteiger partial charge in [-0.3, -0.25) is 10.2 Å². The molecule has 25 heavy (non-hydrogen) atoms. The summed E-state index contributed by atoms with van der Waals surface area (Å²) in [5, 5.41) is 13.0. The first-order chi connectivity index (χ1) is 11.5. The van der Waals surface area contributed by atoms with Crippen LogP contribution < -0.4 is 5.43 Å². The molecule has 2 aliphatic rings. The summed E-state index contributed by atoms with van der Waals surface area (Å²) in [6, 6.07) is 4.00. The molecule has 1 amide bonds. The fourth-order valence-electron chi connectivity index (χ4n) is 2.91. The zero-order valence-electron chi connectivity index (χ0n) is 15.6. The molecule has 0 aliphatic carbocycles. The predicted octanol–water partition coefficient (Wildman–Crippen LogP) is 3.74. The van der Waals surface area contributed by atoms with Crippen LogP contribution in [-0.4, -0.2) is 26.9 Å². The maximum atomic E-state index is 11.8. The number of amides is 1. The van der Waals surface area contributed by atoms with Gasteiger partial charge in [0.1, 0.15) is 5.75 Å². The van der Waals surface area contributed by atoms with Gasteiger partial charge in [-0.25, -0.2) is 4.99 Å². The Kier molecular flexibility index (Phi) is 4.14. The van der Waals surface area contributed by atoms with Gasteiger partial charge in [0.05, 0.1) is 11.4 Å². The van der Waals surface area contributed by atoms with Crippen molar-refractivity contribution in [3.05, 3.63) is 35.0 Å². The van der Waals surface area contributed by atoms with Crippen LogP contribution in [0.25, 0.3) is 5.70 Å². The second kappa shape index (κ2) is 5.80. The smallest absolute Gasteiger partial charge is 0.257 e. The number of hydrogen-bond donors (Lipinski definition) is 2. The highest BCUT2D eigenvalue weighted by Crippen LogP contribution is 2.41. The van der Waals surface area contributed by atoms with Gasteiger partial charge in [-0.15, -0.1) is 0 Å². The van der Waals surface area contributed by atoms with Gasteiger partial charge >= 0.3 is 0 Å². The summed E-state index contributed by atoms with van der Waals surface area (Å²) in [6.07, 6.45) is 1.75. The first kappa shape index (κ1) is 17.9. The molecule has 134 valence electrons. The van der Waals surface area contributed by atoms with E-state index < -0.39 is 0 Å². The lowest BCUT2D eigenvalue weighted by molar-refractivity contribution is -0.125. The molecule has 0 aromatic heterocycles. The van der Waals surface area contributed by atoms with Crippen molar-refractivity contribution < 1.29 is 9.90 Å². The number of phenols is 1. The van der Waals surface area contributed by atoms with Gasteiger partial charge in [-0.1, -0.05) is 53.3 Å². The Morgan fingerprint density at radius 3 is 2.20 bits per heavy atom. The molecule has 1 aromatic carbocycles. The zero-order chi connectivity index (χ0) is 18.6. The molecule has 2 aliphatic heterocycles. The standard InChI is InChI=1S/C19H25N3O2S/c1-18(2,3)12-7-11(8-13(16(12)24)19(4,5)6)14-9-20-22-15(23)10-25-17(22)21-14/h7-9,20,24H,10H2,1-6H3. The summed E-state index contributed by atoms with van der Waals surface area (Å²) >= 11 is 1.43. The monoisotopic (exact) mass is 359 g/mol. The Morgan fingerprint density at radius 2 is 1.68 bits per heavy atom. The number of thioether (sulfide) groups is 1. The first-order valence-electron chi connectivity index (χ1n) is 8.37. The molecule has 0 bridgehead atoms. The van der Waals surface area contributed by atoms with Crippen molar-refractivity contribution in [1.82, 2.24) is 10.4 Å². The Labute approximate surface area is 153 Å². The number of amidine groups is 1. The third-order valence-electron chi connectivity index (χ3n) is 4.33. The number of aromatic hydroxyl groups is 1. The van der Waals surface area contributed by atoms with E-state index in [1.54, 1.807) is 6.20 Å². The fraction of sp³-hybridized carbons (Fsp3) is 0.474. The van der Waals surface area contributed by atoms with Crippen molar-refractivity contribution in [2.45, 2.75) is 52.4 Å². The topological polar surface area (TPSA) is 64.9 Å². The van der Waals surface area contributed by atoms with Crippen LogP contribution >= 0.6 is 11.8 Å². The van der Waals surface area contributed by atoms with Crippen LogP contribution in [0.15, 0.2) is 23.3 Å². The number of nitrogens with one attached hydrogen (secondary N) is 1. The van der Waals surface area contributed by atoms with E-state index in [1.807, 2.05) is 12.1 Å². The Bertz CT molecular complexity index is 763. The van der Waals surface area contributed by atoms with Gasteiger partial charge in [-0.05, 0) is 23.0 Å². The van der Waals surface area contributed by atoms with Crippen LogP contribution in [0.5, 0.6) is 5.75 Å². The summed E-state index contributed by atoms with van der Waals surface area (Å²) in [5.74, 6) is 0.770. The number of rotatable bonds is 1. The van der Waals surface area contributed by atoms with Gasteiger partial charge in [0, 0.05) is 22.9 Å². The van der Waals surface area contributed by atoms with Crippen LogP contribution in [-0.2, 0) is 15.6 Å². The molecule has 1 saturated heterocycles. The number of nitrogens with zero attached hydrogens (tertiary/aromatic N) is 2. The van der Waals surface area contributed by atoms with Crippen molar-refractivity contribution >= 4 is 28.5 Å². The number of carbonyl (C=O) groups is 1. The van der Waals surface area contributed by atoms with E-state index in [9.17, 15) is 9.90 Å². The van der Waals surface area contributed by atoms with Gasteiger partial charge in [0.25, 0.3) is 5.91 Å². The van der Waals surface area contributed by atoms with Gasteiger partial charge in [0.15, 0.2) is 5.17 Å². The summed E-state index contributed by atoms with van der Waals surface area (Å²) in [7, 11) is 0. The predicted molar refractivity (Wildman–Crippen MR) is 103 cm³/mol. The maximum absolute atomic E-state index is 11.8. The third-order valence-corrected chi connectivity index (χ3v) is 5.26. The number of phenolic OH excluding ortho intramolecular Hbond substituents is 1. The van der Waals surface area contributed by atoms with Crippen molar-refractivity contribution in [3.63, 3.8) is 0 Å². The summed E-state index contributed by atoms with van der Waals surface area (Å²) in [5.41, 5.74) is 6.13. The quantitative estimate of drug-likeness (QED) is 0.802. The van der Waals surface area contributed by atoms with E-state index in [0.717, 1.165) is 22.4 Å². The molecule has 2 N–H and O–H groups in total. The van der Waals surface area contributed by atoms with Gasteiger partial charge in [0.2, 0.25) is 0 Å². The average Bonchev–Trinajstić information content (AvgIpc) is 2.86. The minimum absolute atomic E-state index is 0.00974. The van der Waals surface area contributed by atoms with Crippen LogP contribution in [0.1, 0.15) is 58.2 Å². The second-order valence-corrected chi connectivity index (χ2v) is 9.43. The van der Waals surface area contributed by atoms with Crippen molar-refractivity contribution in [3.8, 4) is 5.75 Å². The van der Waals surface area contributed by atoms with Gasteiger partial charge in [-0.2, -0.15) is 5.01 Å². The first-order valence-corrected chi connectivity index (χ1v) is 9.36. The molecule has 0 unspecified atom stereocenters. The second-order valence-electron chi connectivity index (χ2n) is 8.49.